The van der Waals surface area contributed by atoms with Gasteiger partial charge in [0.2, 0.25) is 5.75 Å². The van der Waals surface area contributed by atoms with Crippen molar-refractivity contribution in [2.75, 3.05) is 0 Å². The molecule has 3 aromatic carbocycles. The molecule has 200 valence electrons. The summed E-state index contributed by atoms with van der Waals surface area (Å²) in [5.41, 5.74) is 0.176. The van der Waals surface area contributed by atoms with Gasteiger partial charge in [-0.2, -0.15) is 9.78 Å². The van der Waals surface area contributed by atoms with Crippen LogP contribution in [0.1, 0.15) is 37.7 Å². The molecule has 0 aliphatic carbocycles. The standard InChI is InChI=1S/C26H21Br2N5O6/c1-26(2,3)25-30-21-9-6-17(27)12-19(21)24(34)31(25)29-13-16-10-20(28)23(22(11-16)33(37)38)39-14-15-4-7-18(8-5-15)32(35)36/h4-13H,14H2,1-3H3. The molecule has 0 aliphatic heterocycles. The van der Waals surface area contributed by atoms with Crippen LogP contribution in [0.2, 0.25) is 0 Å². The third-order valence-corrected chi connectivity index (χ3v) is 6.66. The molecular formula is C26H21Br2N5O6. The monoisotopic (exact) mass is 657 g/mol. The molecule has 13 heteroatoms. The summed E-state index contributed by atoms with van der Waals surface area (Å²) in [6.45, 7) is 5.67. The van der Waals surface area contributed by atoms with Crippen molar-refractivity contribution < 1.29 is 14.6 Å². The largest absolute Gasteiger partial charge is 0.481 e. The van der Waals surface area contributed by atoms with Crippen molar-refractivity contribution in [3.8, 4) is 5.75 Å². The van der Waals surface area contributed by atoms with Gasteiger partial charge in [-0.25, -0.2) is 4.98 Å². The Hall–Kier alpha value is -3.97. The molecule has 11 nitrogen and oxygen atoms in total. The molecule has 0 fully saturated rings. The van der Waals surface area contributed by atoms with E-state index >= 15 is 0 Å². The smallest absolute Gasteiger partial charge is 0.312 e. The lowest BCUT2D eigenvalue weighted by Crippen LogP contribution is -2.29. The number of aromatic nitrogens is 2. The lowest BCUT2D eigenvalue weighted by molar-refractivity contribution is -0.386. The van der Waals surface area contributed by atoms with E-state index in [4.69, 9.17) is 4.74 Å². The summed E-state index contributed by atoms with van der Waals surface area (Å²) in [6.07, 6.45) is 1.35. The van der Waals surface area contributed by atoms with Crippen LogP contribution in [0.15, 0.2) is 73.4 Å². The Morgan fingerprint density at radius 3 is 2.33 bits per heavy atom. The molecule has 1 heterocycles. The van der Waals surface area contributed by atoms with Gasteiger partial charge in [-0.3, -0.25) is 25.0 Å². The minimum atomic E-state index is -0.588. The first-order valence-electron chi connectivity index (χ1n) is 11.5. The van der Waals surface area contributed by atoms with Crippen molar-refractivity contribution in [2.45, 2.75) is 32.8 Å². The number of nitro groups is 2. The van der Waals surface area contributed by atoms with E-state index in [1.165, 1.54) is 41.2 Å². The molecule has 39 heavy (non-hydrogen) atoms. The number of halogens is 2. The fourth-order valence-corrected chi connectivity index (χ4v) is 4.63. The van der Waals surface area contributed by atoms with Gasteiger partial charge in [0.05, 0.1) is 31.4 Å². The van der Waals surface area contributed by atoms with Gasteiger partial charge in [0.15, 0.2) is 0 Å². The predicted octanol–water partition coefficient (Wildman–Crippen LogP) is 6.50. The third kappa shape index (κ3) is 6.20. The number of rotatable bonds is 7. The van der Waals surface area contributed by atoms with E-state index in [0.717, 1.165) is 4.47 Å². The van der Waals surface area contributed by atoms with Crippen LogP contribution in [0, 0.1) is 20.2 Å². The van der Waals surface area contributed by atoms with Crippen molar-refractivity contribution in [1.29, 1.82) is 0 Å². The third-order valence-electron chi connectivity index (χ3n) is 5.57. The van der Waals surface area contributed by atoms with Gasteiger partial charge in [0, 0.05) is 33.7 Å². The Balaban J connectivity index is 1.71. The van der Waals surface area contributed by atoms with Gasteiger partial charge >= 0.3 is 5.69 Å². The van der Waals surface area contributed by atoms with Crippen LogP contribution < -0.4 is 10.3 Å². The number of ether oxygens (including phenoxy) is 1. The van der Waals surface area contributed by atoms with E-state index < -0.39 is 15.3 Å². The maximum absolute atomic E-state index is 13.4. The minimum Gasteiger partial charge on any atom is -0.481 e. The number of fused-ring (bicyclic) bond motifs is 1. The maximum Gasteiger partial charge on any atom is 0.312 e. The average molecular weight is 659 g/mol. The molecule has 0 atom stereocenters. The zero-order valence-corrected chi connectivity index (χ0v) is 24.1. The summed E-state index contributed by atoms with van der Waals surface area (Å²) in [4.78, 5) is 39.6. The highest BCUT2D eigenvalue weighted by atomic mass is 79.9. The zero-order valence-electron chi connectivity index (χ0n) is 20.9. The molecule has 4 aromatic rings. The van der Waals surface area contributed by atoms with Crippen molar-refractivity contribution >= 4 is 60.4 Å². The van der Waals surface area contributed by atoms with E-state index in [-0.39, 0.29) is 29.3 Å². The number of nitrogens with zero attached hydrogens (tertiary/aromatic N) is 5. The van der Waals surface area contributed by atoms with Crippen LogP contribution in [-0.2, 0) is 12.0 Å². The van der Waals surface area contributed by atoms with E-state index in [9.17, 15) is 25.0 Å². The second-order valence-electron chi connectivity index (χ2n) is 9.53. The summed E-state index contributed by atoms with van der Waals surface area (Å²) in [7, 11) is 0. The maximum atomic E-state index is 13.4. The molecule has 4 rings (SSSR count). The normalized spacial score (nSPS) is 11.7. The number of benzene rings is 3. The number of hydrogen-bond acceptors (Lipinski definition) is 8. The quantitative estimate of drug-likeness (QED) is 0.125. The summed E-state index contributed by atoms with van der Waals surface area (Å²) in [5, 5.41) is 27.5. The SMILES string of the molecule is CC(C)(C)c1nc2ccc(Br)cc2c(=O)n1N=Cc1cc(Br)c(OCc2ccc([N+](=O)[O-])cc2)c([N+](=O)[O-])c1. The minimum absolute atomic E-state index is 0.0136. The summed E-state index contributed by atoms with van der Waals surface area (Å²) < 4.78 is 7.92. The fraction of sp³-hybridized carbons (Fsp3) is 0.192. The first kappa shape index (κ1) is 28.0. The topological polar surface area (TPSA) is 143 Å². The number of nitro benzene ring substituents is 2. The van der Waals surface area contributed by atoms with Crippen LogP contribution in [0.5, 0.6) is 5.75 Å². The van der Waals surface area contributed by atoms with Crippen molar-refractivity contribution in [3.05, 3.63) is 111 Å². The first-order chi connectivity index (χ1) is 18.3. The summed E-state index contributed by atoms with van der Waals surface area (Å²) >= 11 is 6.71. The van der Waals surface area contributed by atoms with E-state index in [0.29, 0.717) is 32.3 Å². The lowest BCUT2D eigenvalue weighted by Gasteiger charge is -2.20. The lowest BCUT2D eigenvalue weighted by atomic mass is 9.95. The molecule has 0 aliphatic rings. The first-order valence-corrected chi connectivity index (χ1v) is 13.0. The van der Waals surface area contributed by atoms with E-state index in [1.54, 1.807) is 24.3 Å². The average Bonchev–Trinajstić information content (AvgIpc) is 2.87. The molecular weight excluding hydrogens is 638 g/mol. The Morgan fingerprint density at radius 1 is 1.03 bits per heavy atom. The van der Waals surface area contributed by atoms with Crippen LogP contribution in [0.25, 0.3) is 10.9 Å². The van der Waals surface area contributed by atoms with E-state index in [2.05, 4.69) is 41.9 Å². The Kier molecular flexibility index (Phi) is 7.93. The Morgan fingerprint density at radius 2 is 1.72 bits per heavy atom. The van der Waals surface area contributed by atoms with Crippen LogP contribution >= 0.6 is 31.9 Å². The highest BCUT2D eigenvalue weighted by Crippen LogP contribution is 2.37. The van der Waals surface area contributed by atoms with Gasteiger partial charge in [-0.15, -0.1) is 0 Å². The molecule has 0 N–H and O–H groups in total. The molecule has 0 saturated carbocycles. The van der Waals surface area contributed by atoms with Gasteiger partial charge in [0.25, 0.3) is 11.2 Å². The van der Waals surface area contributed by atoms with Crippen LogP contribution in [0.3, 0.4) is 0 Å². The van der Waals surface area contributed by atoms with Gasteiger partial charge in [0.1, 0.15) is 12.4 Å². The van der Waals surface area contributed by atoms with Crippen molar-refractivity contribution in [2.24, 2.45) is 5.10 Å². The molecule has 0 unspecified atom stereocenters. The van der Waals surface area contributed by atoms with Crippen molar-refractivity contribution in [1.82, 2.24) is 9.66 Å². The summed E-state index contributed by atoms with van der Waals surface area (Å²) in [6, 6.07) is 13.8. The molecule has 0 amide bonds. The fourth-order valence-electron chi connectivity index (χ4n) is 3.69. The Labute approximate surface area is 238 Å². The molecule has 0 radical (unpaired) electrons. The highest BCUT2D eigenvalue weighted by molar-refractivity contribution is 9.10. The van der Waals surface area contributed by atoms with Crippen LogP contribution in [-0.4, -0.2) is 25.7 Å². The summed E-state index contributed by atoms with van der Waals surface area (Å²) in [5.74, 6) is 0.412. The second-order valence-corrected chi connectivity index (χ2v) is 11.3. The van der Waals surface area contributed by atoms with Crippen LogP contribution in [0.4, 0.5) is 11.4 Å². The predicted molar refractivity (Wildman–Crippen MR) is 154 cm³/mol. The molecule has 0 saturated heterocycles. The zero-order chi connectivity index (χ0) is 28.5. The molecule has 0 spiro atoms. The molecule has 0 bridgehead atoms. The highest BCUT2D eigenvalue weighted by Gasteiger charge is 2.24. The number of hydrogen-bond donors (Lipinski definition) is 0. The van der Waals surface area contributed by atoms with E-state index in [1.807, 2.05) is 20.8 Å². The van der Waals surface area contributed by atoms with Gasteiger partial charge < -0.3 is 4.74 Å². The second kappa shape index (κ2) is 11.0. The van der Waals surface area contributed by atoms with Gasteiger partial charge in [-0.05, 0) is 57.9 Å². The Bertz CT molecular complexity index is 1690. The van der Waals surface area contributed by atoms with Gasteiger partial charge in [-0.1, -0.05) is 36.7 Å². The molecule has 1 aromatic heterocycles. The van der Waals surface area contributed by atoms with Crippen molar-refractivity contribution in [3.63, 3.8) is 0 Å². The number of non-ortho nitro benzene ring substituents is 1.